The first-order valence-corrected chi connectivity index (χ1v) is 11.4. The number of carbonyl (C=O) groups excluding carboxylic acids is 1. The Morgan fingerprint density at radius 2 is 2.26 bits per heavy atom. The zero-order valence-electron chi connectivity index (χ0n) is 18.3. The number of alkyl carbamates (subject to hydrolysis) is 1. The van der Waals surface area contributed by atoms with Gasteiger partial charge in [0.15, 0.2) is 0 Å². The minimum Gasteiger partial charge on any atom is -0.453 e. The maximum atomic E-state index is 12.1. The molecule has 1 aliphatic heterocycles. The van der Waals surface area contributed by atoms with Crippen LogP contribution in [-0.4, -0.2) is 42.9 Å². The maximum absolute atomic E-state index is 12.1. The van der Waals surface area contributed by atoms with E-state index in [-0.39, 0.29) is 5.92 Å². The largest absolute Gasteiger partial charge is 0.453 e. The van der Waals surface area contributed by atoms with E-state index in [4.69, 9.17) is 11.6 Å². The van der Waals surface area contributed by atoms with Crippen molar-refractivity contribution in [2.75, 3.05) is 26.7 Å². The number of aryl methyl sites for hydroxylation is 1. The van der Waals surface area contributed by atoms with E-state index in [1.54, 1.807) is 12.4 Å². The summed E-state index contributed by atoms with van der Waals surface area (Å²) < 4.78 is 4.65. The van der Waals surface area contributed by atoms with Crippen LogP contribution in [-0.2, 0) is 16.8 Å². The number of hydrogen-bond donors (Lipinski definition) is 3. The average molecular weight is 446 g/mol. The summed E-state index contributed by atoms with van der Waals surface area (Å²) in [6.07, 6.45) is 6.83. The fraction of sp³-hybridized carbons (Fsp3) is 0.500. The Labute approximate surface area is 189 Å². The fourth-order valence-corrected chi connectivity index (χ4v) is 4.71. The van der Waals surface area contributed by atoms with E-state index in [0.717, 1.165) is 49.0 Å². The normalized spacial score (nSPS) is 18.3. The van der Waals surface area contributed by atoms with Crippen molar-refractivity contribution < 1.29 is 14.6 Å². The molecule has 0 bridgehead atoms. The Kier molecular flexibility index (Phi) is 8.29. The van der Waals surface area contributed by atoms with Crippen molar-refractivity contribution in [2.24, 2.45) is 5.92 Å². The molecule has 1 fully saturated rings. The van der Waals surface area contributed by atoms with Crippen molar-refractivity contribution in [1.29, 1.82) is 0 Å². The quantitative estimate of drug-likeness (QED) is 0.528. The van der Waals surface area contributed by atoms with Crippen molar-refractivity contribution in [2.45, 2.75) is 44.6 Å². The second kappa shape index (κ2) is 10.9. The lowest BCUT2D eigenvalue weighted by Gasteiger charge is -2.40. The Bertz CT molecular complexity index is 886. The summed E-state index contributed by atoms with van der Waals surface area (Å²) in [5.74, 6) is 0.0211. The Hall–Kier alpha value is -2.15. The summed E-state index contributed by atoms with van der Waals surface area (Å²) in [7, 11) is 1.34. The predicted molar refractivity (Wildman–Crippen MR) is 123 cm³/mol. The molecule has 2 heterocycles. The summed E-state index contributed by atoms with van der Waals surface area (Å²) in [6.45, 7) is 4.22. The van der Waals surface area contributed by atoms with Gasteiger partial charge < -0.3 is 20.5 Å². The van der Waals surface area contributed by atoms with E-state index >= 15 is 0 Å². The zero-order chi connectivity index (χ0) is 22.3. The van der Waals surface area contributed by atoms with Gasteiger partial charge in [-0.3, -0.25) is 4.98 Å². The zero-order valence-corrected chi connectivity index (χ0v) is 19.0. The molecule has 7 heteroatoms. The molecule has 6 nitrogen and oxygen atoms in total. The minimum atomic E-state index is -1.12. The molecule has 1 unspecified atom stereocenters. The van der Waals surface area contributed by atoms with E-state index in [1.807, 2.05) is 12.1 Å². The molecule has 1 aromatic carbocycles. The smallest absolute Gasteiger partial charge is 0.406 e. The third kappa shape index (κ3) is 5.56. The number of ether oxygens (including phenoxy) is 1. The monoisotopic (exact) mass is 445 g/mol. The van der Waals surface area contributed by atoms with Crippen molar-refractivity contribution in [3.8, 4) is 11.1 Å². The van der Waals surface area contributed by atoms with Crippen LogP contribution >= 0.6 is 11.6 Å². The number of rotatable bonds is 8. The third-order valence-electron chi connectivity index (χ3n) is 6.15. The molecular weight excluding hydrogens is 414 g/mol. The number of methoxy groups -OCH3 is 1. The lowest BCUT2D eigenvalue weighted by atomic mass is 9.73. The van der Waals surface area contributed by atoms with Gasteiger partial charge in [0.2, 0.25) is 0 Å². The number of benzene rings is 1. The summed E-state index contributed by atoms with van der Waals surface area (Å²) in [6, 6.07) is 8.27. The topological polar surface area (TPSA) is 83.5 Å². The molecule has 1 saturated heterocycles. The number of amides is 1. The second-order valence-electron chi connectivity index (χ2n) is 8.09. The minimum absolute atomic E-state index is 0.0211. The van der Waals surface area contributed by atoms with Crippen LogP contribution in [0.15, 0.2) is 36.7 Å². The number of hydrogen-bond acceptors (Lipinski definition) is 5. The molecule has 168 valence electrons. The first-order chi connectivity index (χ1) is 15.0. The summed E-state index contributed by atoms with van der Waals surface area (Å²) in [5, 5.41) is 18.8. The van der Waals surface area contributed by atoms with Crippen molar-refractivity contribution in [1.82, 2.24) is 15.6 Å². The lowest BCUT2D eigenvalue weighted by Crippen LogP contribution is -2.45. The van der Waals surface area contributed by atoms with Gasteiger partial charge in [-0.2, -0.15) is 0 Å². The molecule has 3 rings (SSSR count). The number of aromatic nitrogens is 1. The van der Waals surface area contributed by atoms with E-state index in [2.05, 4.69) is 39.4 Å². The third-order valence-corrected chi connectivity index (χ3v) is 6.44. The molecule has 31 heavy (non-hydrogen) atoms. The van der Waals surface area contributed by atoms with Gasteiger partial charge in [0.25, 0.3) is 0 Å². The van der Waals surface area contributed by atoms with Crippen molar-refractivity contribution in [3.05, 3.63) is 52.8 Å². The van der Waals surface area contributed by atoms with Gasteiger partial charge >= 0.3 is 6.09 Å². The number of nitrogens with one attached hydrogen (secondary N) is 2. The average Bonchev–Trinajstić information content (AvgIpc) is 2.81. The number of pyridine rings is 1. The number of aliphatic hydroxyl groups is 1. The van der Waals surface area contributed by atoms with Crippen LogP contribution in [0.3, 0.4) is 0 Å². The highest BCUT2D eigenvalue weighted by Crippen LogP contribution is 2.44. The lowest BCUT2D eigenvalue weighted by molar-refractivity contribution is -0.0418. The van der Waals surface area contributed by atoms with Crippen LogP contribution in [0.2, 0.25) is 5.02 Å². The van der Waals surface area contributed by atoms with E-state index in [0.29, 0.717) is 24.4 Å². The molecule has 1 aromatic heterocycles. The molecule has 2 aromatic rings. The van der Waals surface area contributed by atoms with Gasteiger partial charge in [-0.25, -0.2) is 4.79 Å². The fourth-order valence-electron chi connectivity index (χ4n) is 4.44. The van der Waals surface area contributed by atoms with Crippen molar-refractivity contribution in [3.63, 3.8) is 0 Å². The van der Waals surface area contributed by atoms with Gasteiger partial charge in [-0.15, -0.1) is 0 Å². The molecule has 0 saturated carbocycles. The van der Waals surface area contributed by atoms with Gasteiger partial charge in [0.05, 0.1) is 17.7 Å². The molecule has 0 spiro atoms. The Morgan fingerprint density at radius 1 is 1.42 bits per heavy atom. The highest BCUT2D eigenvalue weighted by molar-refractivity contribution is 6.33. The summed E-state index contributed by atoms with van der Waals surface area (Å²) >= 11 is 6.66. The van der Waals surface area contributed by atoms with Gasteiger partial charge in [0, 0.05) is 42.5 Å². The van der Waals surface area contributed by atoms with E-state index in [1.165, 1.54) is 12.7 Å². The number of piperidine rings is 1. The molecule has 1 aliphatic rings. The number of halogens is 1. The highest BCUT2D eigenvalue weighted by Gasteiger charge is 2.41. The van der Waals surface area contributed by atoms with Crippen LogP contribution in [0, 0.1) is 5.92 Å². The molecule has 2 atom stereocenters. The van der Waals surface area contributed by atoms with Crippen LogP contribution in [0.25, 0.3) is 11.1 Å². The first kappa shape index (κ1) is 23.5. The number of nitrogens with zero attached hydrogens (tertiary/aromatic N) is 1. The molecular formula is C24H32ClN3O3. The van der Waals surface area contributed by atoms with E-state index in [9.17, 15) is 9.90 Å². The number of carbonyl (C=O) groups is 1. The maximum Gasteiger partial charge on any atom is 0.406 e. The van der Waals surface area contributed by atoms with Gasteiger partial charge in [-0.1, -0.05) is 42.8 Å². The molecule has 3 N–H and O–H groups in total. The first-order valence-electron chi connectivity index (χ1n) is 11.0. The van der Waals surface area contributed by atoms with Crippen LogP contribution in [0.4, 0.5) is 4.79 Å². The summed E-state index contributed by atoms with van der Waals surface area (Å²) in [5.41, 5.74) is 2.65. The second-order valence-corrected chi connectivity index (χ2v) is 8.49. The van der Waals surface area contributed by atoms with E-state index < -0.39 is 11.7 Å². The summed E-state index contributed by atoms with van der Waals surface area (Å²) in [4.78, 5) is 15.8. The van der Waals surface area contributed by atoms with Crippen molar-refractivity contribution >= 4 is 17.7 Å². The molecule has 0 radical (unpaired) electrons. The molecule has 1 amide bonds. The Balaban J connectivity index is 2.00. The van der Waals surface area contributed by atoms with Crippen LogP contribution < -0.4 is 10.6 Å². The molecule has 0 aliphatic carbocycles. The SMILES string of the molecule is CCc1cccc(-c2c(Cl)cncc2C(O)(CCCNC(=O)OC)[C@@H]2CCCNC2)c1. The van der Waals surface area contributed by atoms with Gasteiger partial charge in [-0.05, 0) is 49.8 Å². The predicted octanol–water partition coefficient (Wildman–Crippen LogP) is 4.29. The highest BCUT2D eigenvalue weighted by atomic mass is 35.5. The Morgan fingerprint density at radius 3 is 2.97 bits per heavy atom. The van der Waals surface area contributed by atoms with Crippen LogP contribution in [0.1, 0.15) is 43.7 Å². The standard InChI is InChI=1S/C24H32ClN3O3/c1-3-17-7-4-8-18(13-17)22-20(15-27-16-21(22)25)24(30,19-9-5-11-26-14-19)10-6-12-28-23(29)31-2/h4,7-8,13,15-16,19,26,30H,3,5-6,9-12,14H2,1-2H3,(H,28,29)/t19-,24?/m1/s1. The van der Waals surface area contributed by atoms with Crippen LogP contribution in [0.5, 0.6) is 0 Å². The van der Waals surface area contributed by atoms with Gasteiger partial charge in [0.1, 0.15) is 0 Å².